The molecule has 0 unspecified atom stereocenters. The number of likely N-dealkylation sites (tertiary alicyclic amines) is 1. The van der Waals surface area contributed by atoms with E-state index in [1.807, 2.05) is 52.7 Å². The molecule has 0 radical (unpaired) electrons. The average Bonchev–Trinajstić information content (AvgIpc) is 2.75. The molecule has 0 N–H and O–H groups in total. The number of aromatic nitrogens is 1. The van der Waals surface area contributed by atoms with Crippen LogP contribution in [0.3, 0.4) is 0 Å². The predicted octanol–water partition coefficient (Wildman–Crippen LogP) is 2.49. The smallest absolute Gasteiger partial charge is 0.255 e. The van der Waals surface area contributed by atoms with Crippen molar-refractivity contribution in [1.29, 1.82) is 0 Å². The molecule has 30 heavy (non-hydrogen) atoms. The van der Waals surface area contributed by atoms with Crippen molar-refractivity contribution in [3.63, 3.8) is 0 Å². The van der Waals surface area contributed by atoms with Gasteiger partial charge in [0.05, 0.1) is 6.61 Å². The summed E-state index contributed by atoms with van der Waals surface area (Å²) in [5, 5.41) is 0. The molecular formula is C24H29N3O3. The number of carbonyl (C=O) groups excluding carboxylic acids is 1. The molecule has 3 aliphatic heterocycles. The number of amides is 1. The van der Waals surface area contributed by atoms with Gasteiger partial charge < -0.3 is 19.1 Å². The molecular weight excluding hydrogens is 378 g/mol. The van der Waals surface area contributed by atoms with Crippen LogP contribution in [-0.4, -0.2) is 54.1 Å². The van der Waals surface area contributed by atoms with Crippen molar-refractivity contribution in [2.45, 2.75) is 38.3 Å². The minimum Gasteiger partial charge on any atom is -0.493 e. The molecule has 6 heteroatoms. The summed E-state index contributed by atoms with van der Waals surface area (Å²) in [5.74, 6) is 1.56. The lowest BCUT2D eigenvalue weighted by Gasteiger charge is -2.43. The fourth-order valence-corrected chi connectivity index (χ4v) is 5.29. The Hall–Kier alpha value is -2.60. The maximum Gasteiger partial charge on any atom is 0.255 e. The molecule has 6 nitrogen and oxygen atoms in total. The van der Waals surface area contributed by atoms with Crippen LogP contribution in [0.15, 0.2) is 35.1 Å². The van der Waals surface area contributed by atoms with Gasteiger partial charge in [-0.1, -0.05) is 6.07 Å². The zero-order valence-corrected chi connectivity index (χ0v) is 17.8. The molecule has 2 aromatic rings. The van der Waals surface area contributed by atoms with Gasteiger partial charge >= 0.3 is 0 Å². The fraction of sp³-hybridized carbons (Fsp3) is 0.500. The zero-order chi connectivity index (χ0) is 20.8. The van der Waals surface area contributed by atoms with E-state index >= 15 is 0 Å². The molecule has 0 spiro atoms. The van der Waals surface area contributed by atoms with Crippen LogP contribution in [0.2, 0.25) is 0 Å². The van der Waals surface area contributed by atoms with E-state index in [0.717, 1.165) is 54.0 Å². The normalized spacial score (nSPS) is 22.3. The lowest BCUT2D eigenvalue weighted by Crippen LogP contribution is -2.49. The van der Waals surface area contributed by atoms with Gasteiger partial charge in [-0.15, -0.1) is 0 Å². The van der Waals surface area contributed by atoms with Crippen molar-refractivity contribution in [3.05, 3.63) is 63.1 Å². The van der Waals surface area contributed by atoms with Gasteiger partial charge in [-0.3, -0.25) is 9.59 Å². The molecule has 158 valence electrons. The summed E-state index contributed by atoms with van der Waals surface area (Å²) in [5.41, 5.74) is 3.93. The minimum absolute atomic E-state index is 0.0955. The number of fused-ring (bicyclic) bond motifs is 5. The number of rotatable bonds is 3. The van der Waals surface area contributed by atoms with Gasteiger partial charge in [0.2, 0.25) is 0 Å². The third-order valence-corrected chi connectivity index (χ3v) is 6.61. The third kappa shape index (κ3) is 3.43. The maximum absolute atomic E-state index is 13.3. The number of hydrogen-bond donors (Lipinski definition) is 0. The Balaban J connectivity index is 1.39. The van der Waals surface area contributed by atoms with E-state index < -0.39 is 0 Å². The van der Waals surface area contributed by atoms with Crippen LogP contribution >= 0.6 is 0 Å². The number of pyridine rings is 1. The Morgan fingerprint density at radius 2 is 2.03 bits per heavy atom. The van der Waals surface area contributed by atoms with Crippen LogP contribution < -0.4 is 10.3 Å². The van der Waals surface area contributed by atoms with E-state index in [-0.39, 0.29) is 17.4 Å². The second-order valence-electron chi connectivity index (χ2n) is 9.22. The monoisotopic (exact) mass is 407 g/mol. The van der Waals surface area contributed by atoms with Gasteiger partial charge in [-0.25, -0.2) is 0 Å². The lowest BCUT2D eigenvalue weighted by molar-refractivity contribution is 0.0594. The molecule has 1 saturated heterocycles. The quantitative estimate of drug-likeness (QED) is 0.785. The van der Waals surface area contributed by atoms with Crippen LogP contribution in [0.1, 0.15) is 45.9 Å². The number of hydrogen-bond acceptors (Lipinski definition) is 4. The van der Waals surface area contributed by atoms with E-state index in [0.29, 0.717) is 32.1 Å². The van der Waals surface area contributed by atoms with Crippen LogP contribution in [0.4, 0.5) is 0 Å². The van der Waals surface area contributed by atoms with Gasteiger partial charge in [0.25, 0.3) is 11.5 Å². The fourth-order valence-electron chi connectivity index (χ4n) is 5.29. The summed E-state index contributed by atoms with van der Waals surface area (Å²) < 4.78 is 7.66. The molecule has 1 amide bonds. The molecule has 2 atom stereocenters. The Morgan fingerprint density at radius 1 is 1.17 bits per heavy atom. The zero-order valence-electron chi connectivity index (χ0n) is 17.8. The van der Waals surface area contributed by atoms with Crippen molar-refractivity contribution in [2.24, 2.45) is 5.92 Å². The first-order chi connectivity index (χ1) is 14.5. The molecule has 3 aliphatic rings. The summed E-state index contributed by atoms with van der Waals surface area (Å²) in [6, 6.07) is 9.91. The Bertz CT molecular complexity index is 1040. The lowest BCUT2D eigenvalue weighted by atomic mass is 9.82. The second kappa shape index (κ2) is 7.58. The first-order valence-electron chi connectivity index (χ1n) is 10.9. The minimum atomic E-state index is 0.0955. The summed E-state index contributed by atoms with van der Waals surface area (Å²) in [7, 11) is 3.96. The van der Waals surface area contributed by atoms with Crippen LogP contribution in [-0.2, 0) is 19.5 Å². The van der Waals surface area contributed by atoms with E-state index in [2.05, 4.69) is 6.07 Å². The number of ether oxygens (including phenoxy) is 1. The van der Waals surface area contributed by atoms with E-state index in [4.69, 9.17) is 4.74 Å². The summed E-state index contributed by atoms with van der Waals surface area (Å²) in [6.07, 6.45) is 3.02. The largest absolute Gasteiger partial charge is 0.493 e. The molecule has 0 aliphatic carbocycles. The Morgan fingerprint density at radius 3 is 2.87 bits per heavy atom. The van der Waals surface area contributed by atoms with Crippen LogP contribution in [0.25, 0.3) is 0 Å². The first kappa shape index (κ1) is 19.4. The second-order valence-corrected chi connectivity index (χ2v) is 9.22. The number of carbonyl (C=O) groups is 1. The van der Waals surface area contributed by atoms with Gasteiger partial charge in [0.1, 0.15) is 5.75 Å². The van der Waals surface area contributed by atoms with Crippen molar-refractivity contribution < 1.29 is 9.53 Å². The summed E-state index contributed by atoms with van der Waals surface area (Å²) in [6.45, 7) is 3.50. The van der Waals surface area contributed by atoms with Crippen molar-refractivity contribution in [3.8, 4) is 5.75 Å². The number of aryl methyl sites for hydroxylation is 1. The highest BCUT2D eigenvalue weighted by atomic mass is 16.5. The van der Waals surface area contributed by atoms with Gasteiger partial charge in [0, 0.05) is 48.9 Å². The van der Waals surface area contributed by atoms with E-state index in [1.54, 1.807) is 0 Å². The first-order valence-corrected chi connectivity index (χ1v) is 10.9. The Kier molecular flexibility index (Phi) is 4.89. The van der Waals surface area contributed by atoms with Gasteiger partial charge in [0.15, 0.2) is 0 Å². The predicted molar refractivity (Wildman–Crippen MR) is 115 cm³/mol. The highest BCUT2D eigenvalue weighted by molar-refractivity contribution is 5.94. The third-order valence-electron chi connectivity index (χ3n) is 6.61. The van der Waals surface area contributed by atoms with E-state index in [9.17, 15) is 9.59 Å². The van der Waals surface area contributed by atoms with Gasteiger partial charge in [-0.05, 0) is 69.1 Å². The molecule has 5 rings (SSSR count). The molecule has 1 aromatic carbocycles. The highest BCUT2D eigenvalue weighted by Crippen LogP contribution is 2.36. The molecule has 1 fully saturated rings. The van der Waals surface area contributed by atoms with Gasteiger partial charge in [-0.2, -0.15) is 0 Å². The van der Waals surface area contributed by atoms with Crippen molar-refractivity contribution >= 4 is 5.91 Å². The highest BCUT2D eigenvalue weighted by Gasteiger charge is 2.37. The van der Waals surface area contributed by atoms with E-state index in [1.165, 1.54) is 0 Å². The molecule has 1 aromatic heterocycles. The topological polar surface area (TPSA) is 54.8 Å². The molecule has 4 heterocycles. The number of benzene rings is 1. The summed E-state index contributed by atoms with van der Waals surface area (Å²) >= 11 is 0. The Labute approximate surface area is 177 Å². The maximum atomic E-state index is 13.3. The number of piperidine rings is 1. The van der Waals surface area contributed by atoms with Crippen molar-refractivity contribution in [1.82, 2.24) is 14.4 Å². The molecule has 2 bridgehead atoms. The standard InChI is InChI=1S/C24H29N3O3/c1-25(2)14-19-5-7-21-20-10-16(13-27(21)24(19)29)12-26(15-20)23(28)18-6-8-22-17(11-18)4-3-9-30-22/h5-8,11,16,20H,3-4,9-10,12-15H2,1-2H3/t16-,20+/m0/s1. The average molecular weight is 408 g/mol. The van der Waals surface area contributed by atoms with Crippen molar-refractivity contribution in [2.75, 3.05) is 33.8 Å². The van der Waals surface area contributed by atoms with Crippen LogP contribution in [0, 0.1) is 5.92 Å². The van der Waals surface area contributed by atoms with Crippen LogP contribution in [0.5, 0.6) is 5.75 Å². The summed E-state index contributed by atoms with van der Waals surface area (Å²) in [4.78, 5) is 30.3. The number of nitrogens with zero attached hydrogens (tertiary/aromatic N) is 3. The molecule has 0 saturated carbocycles. The SMILES string of the molecule is CN(C)Cc1ccc2n(c1=O)C[C@H]1C[C@@H]2CN(C(=O)c2ccc3c(c2)CCCO3)C1.